The molecule has 3 aromatic carbocycles. The lowest BCUT2D eigenvalue weighted by Crippen LogP contribution is -2.43. The normalized spacial score (nSPS) is 12.4. The molecule has 3 rings (SSSR count). The number of amides is 1. The van der Waals surface area contributed by atoms with Crippen molar-refractivity contribution in [2.75, 3.05) is 7.11 Å². The van der Waals surface area contributed by atoms with E-state index in [1.807, 2.05) is 48.5 Å². The molecule has 0 bridgehead atoms. The minimum absolute atomic E-state index is 0.0609. The molecule has 0 radical (unpaired) electrons. The number of methoxy groups -OCH3 is 1. The summed E-state index contributed by atoms with van der Waals surface area (Å²) >= 11 is 0. The van der Waals surface area contributed by atoms with Gasteiger partial charge in [0, 0.05) is 0 Å². The summed E-state index contributed by atoms with van der Waals surface area (Å²) in [5, 5.41) is 0. The van der Waals surface area contributed by atoms with Crippen LogP contribution in [-0.2, 0) is 21.2 Å². The van der Waals surface area contributed by atoms with Gasteiger partial charge in [0.1, 0.15) is 5.75 Å². The quantitative estimate of drug-likeness (QED) is 0.449. The number of ether oxygens (including phenoxy) is 1. The van der Waals surface area contributed by atoms with Gasteiger partial charge in [0.05, 0.1) is 17.9 Å². The second kappa shape index (κ2) is 10.6. The summed E-state index contributed by atoms with van der Waals surface area (Å²) < 4.78 is 30.4. The van der Waals surface area contributed by atoms with E-state index in [0.717, 1.165) is 28.9 Å². The second-order valence-electron chi connectivity index (χ2n) is 8.41. The molecule has 1 unspecified atom stereocenters. The molecule has 0 fully saturated rings. The van der Waals surface area contributed by atoms with Crippen molar-refractivity contribution in [2.24, 2.45) is 5.92 Å². The molecule has 0 aliphatic rings. The predicted molar refractivity (Wildman–Crippen MR) is 130 cm³/mol. The smallest absolute Gasteiger partial charge is 0.257 e. The lowest BCUT2D eigenvalue weighted by molar-refractivity contribution is -0.122. The van der Waals surface area contributed by atoms with Crippen LogP contribution in [0.2, 0.25) is 0 Å². The van der Waals surface area contributed by atoms with E-state index in [2.05, 4.69) is 24.1 Å². The summed E-state index contributed by atoms with van der Waals surface area (Å²) in [6, 6.07) is 21.8. The van der Waals surface area contributed by atoms with Crippen LogP contribution < -0.4 is 15.0 Å². The maximum atomic E-state index is 12.6. The minimum Gasteiger partial charge on any atom is -0.497 e. The van der Waals surface area contributed by atoms with Crippen molar-refractivity contribution in [2.45, 2.75) is 38.0 Å². The number of carbonyl (C=O) groups excluding carboxylic acids is 1. The molecule has 2 N–H and O–H groups in total. The first-order valence-electron chi connectivity index (χ1n) is 10.8. The molecule has 0 spiro atoms. The van der Waals surface area contributed by atoms with Crippen LogP contribution in [0.25, 0.3) is 11.1 Å². The van der Waals surface area contributed by atoms with Gasteiger partial charge in [0.25, 0.3) is 10.0 Å². The average Bonchev–Trinajstić information content (AvgIpc) is 2.82. The monoisotopic (exact) mass is 466 g/mol. The van der Waals surface area contributed by atoms with Gasteiger partial charge >= 0.3 is 0 Å². The first kappa shape index (κ1) is 24.5. The van der Waals surface area contributed by atoms with E-state index in [9.17, 15) is 13.2 Å². The fourth-order valence-corrected chi connectivity index (χ4v) is 4.31. The van der Waals surface area contributed by atoms with Crippen LogP contribution in [0.4, 0.5) is 0 Å². The number of hydrazine groups is 1. The van der Waals surface area contributed by atoms with Crippen LogP contribution >= 0.6 is 0 Å². The molecule has 0 heterocycles. The van der Waals surface area contributed by atoms with Crippen LogP contribution in [0.1, 0.15) is 37.8 Å². The summed E-state index contributed by atoms with van der Waals surface area (Å²) in [7, 11) is -2.30. The van der Waals surface area contributed by atoms with Crippen LogP contribution in [-0.4, -0.2) is 21.4 Å². The SMILES string of the molecule is COc1ccc(-c2ccc(S(=O)(=O)NNC(=O)C(C)c3ccc(CC(C)C)cc3)cc2)cc1. The second-order valence-corrected chi connectivity index (χ2v) is 10.1. The average molecular weight is 467 g/mol. The predicted octanol–water partition coefficient (Wildman–Crippen LogP) is 4.67. The first-order valence-corrected chi connectivity index (χ1v) is 12.3. The van der Waals surface area contributed by atoms with Crippen LogP contribution in [0.5, 0.6) is 5.75 Å². The van der Waals surface area contributed by atoms with Gasteiger partial charge in [-0.05, 0) is 65.8 Å². The van der Waals surface area contributed by atoms with Crippen molar-refractivity contribution in [1.29, 1.82) is 0 Å². The van der Waals surface area contributed by atoms with Crippen molar-refractivity contribution < 1.29 is 17.9 Å². The Morgan fingerprint density at radius 2 is 1.39 bits per heavy atom. The van der Waals surface area contributed by atoms with E-state index in [4.69, 9.17) is 4.74 Å². The summed E-state index contributed by atoms with van der Waals surface area (Å²) in [6.07, 6.45) is 0.970. The Bertz CT molecular complexity index is 1170. The zero-order chi connectivity index (χ0) is 24.0. The number of sulfonamides is 1. The van der Waals surface area contributed by atoms with E-state index in [-0.39, 0.29) is 4.90 Å². The number of hydrogen-bond donors (Lipinski definition) is 2. The Balaban J connectivity index is 1.62. The molecule has 3 aromatic rings. The highest BCUT2D eigenvalue weighted by atomic mass is 32.2. The third-order valence-electron chi connectivity index (χ3n) is 5.41. The lowest BCUT2D eigenvalue weighted by atomic mass is 9.96. The highest BCUT2D eigenvalue weighted by Gasteiger charge is 2.19. The van der Waals surface area contributed by atoms with Gasteiger partial charge in [0.2, 0.25) is 5.91 Å². The number of hydrogen-bond acceptors (Lipinski definition) is 4. The molecule has 0 saturated carbocycles. The molecule has 7 heteroatoms. The molecule has 0 aromatic heterocycles. The van der Waals surface area contributed by atoms with E-state index >= 15 is 0 Å². The Hall–Kier alpha value is -3.16. The van der Waals surface area contributed by atoms with Gasteiger partial charge < -0.3 is 4.74 Å². The Morgan fingerprint density at radius 3 is 1.91 bits per heavy atom. The molecule has 0 aliphatic heterocycles. The summed E-state index contributed by atoms with van der Waals surface area (Å²) in [5.41, 5.74) is 6.18. The van der Waals surface area contributed by atoms with Gasteiger partial charge in [-0.3, -0.25) is 10.2 Å². The Morgan fingerprint density at radius 1 is 0.848 bits per heavy atom. The summed E-state index contributed by atoms with van der Waals surface area (Å²) in [5.74, 6) is 0.373. The fourth-order valence-electron chi connectivity index (χ4n) is 3.46. The molecule has 1 atom stereocenters. The van der Waals surface area contributed by atoms with E-state index in [0.29, 0.717) is 5.92 Å². The number of rotatable bonds is 9. The van der Waals surface area contributed by atoms with Crippen LogP contribution in [0, 0.1) is 5.92 Å². The van der Waals surface area contributed by atoms with Crippen LogP contribution in [0.3, 0.4) is 0 Å². The van der Waals surface area contributed by atoms with Crippen molar-refractivity contribution in [3.05, 3.63) is 83.9 Å². The fraction of sp³-hybridized carbons (Fsp3) is 0.269. The minimum atomic E-state index is -3.90. The maximum Gasteiger partial charge on any atom is 0.257 e. The zero-order valence-corrected chi connectivity index (χ0v) is 20.1. The van der Waals surface area contributed by atoms with E-state index < -0.39 is 21.8 Å². The Labute approximate surface area is 196 Å². The molecule has 174 valence electrons. The van der Waals surface area contributed by atoms with Crippen molar-refractivity contribution >= 4 is 15.9 Å². The van der Waals surface area contributed by atoms with Crippen molar-refractivity contribution in [1.82, 2.24) is 10.3 Å². The third kappa shape index (κ3) is 6.43. The standard InChI is InChI=1S/C26H30N2O4S/c1-18(2)17-20-5-7-21(8-6-20)19(3)26(29)27-28-33(30,31)25-15-11-23(12-16-25)22-9-13-24(32-4)14-10-22/h5-16,18-19,28H,17H2,1-4H3,(H,27,29). The molecule has 1 amide bonds. The molecule has 33 heavy (non-hydrogen) atoms. The van der Waals surface area contributed by atoms with Gasteiger partial charge in [-0.25, -0.2) is 8.42 Å². The van der Waals surface area contributed by atoms with Gasteiger partial charge in [0.15, 0.2) is 0 Å². The molecular weight excluding hydrogens is 436 g/mol. The number of carbonyl (C=O) groups is 1. The largest absolute Gasteiger partial charge is 0.497 e. The van der Waals surface area contributed by atoms with Crippen molar-refractivity contribution in [3.63, 3.8) is 0 Å². The highest BCUT2D eigenvalue weighted by Crippen LogP contribution is 2.24. The molecular formula is C26H30N2O4S. The first-order chi connectivity index (χ1) is 15.7. The number of nitrogens with one attached hydrogen (secondary N) is 2. The molecule has 0 aliphatic carbocycles. The summed E-state index contributed by atoms with van der Waals surface area (Å²) in [4.78, 5) is 14.8. The Kier molecular flexibility index (Phi) is 7.89. The lowest BCUT2D eigenvalue weighted by Gasteiger charge is -2.14. The van der Waals surface area contributed by atoms with Crippen molar-refractivity contribution in [3.8, 4) is 16.9 Å². The molecule has 6 nitrogen and oxygen atoms in total. The van der Waals surface area contributed by atoms with Gasteiger partial charge in [-0.2, -0.15) is 0 Å². The maximum absolute atomic E-state index is 12.6. The number of benzene rings is 3. The highest BCUT2D eigenvalue weighted by molar-refractivity contribution is 7.89. The summed E-state index contributed by atoms with van der Waals surface area (Å²) in [6.45, 7) is 6.05. The van der Waals surface area contributed by atoms with Gasteiger partial charge in [-0.15, -0.1) is 4.83 Å². The molecule has 0 saturated heterocycles. The van der Waals surface area contributed by atoms with E-state index in [1.165, 1.54) is 17.7 Å². The zero-order valence-electron chi connectivity index (χ0n) is 19.3. The topological polar surface area (TPSA) is 84.5 Å². The van der Waals surface area contributed by atoms with Crippen LogP contribution in [0.15, 0.2) is 77.7 Å². The van der Waals surface area contributed by atoms with E-state index in [1.54, 1.807) is 26.2 Å². The third-order valence-corrected chi connectivity index (χ3v) is 6.68. The van der Waals surface area contributed by atoms with Gasteiger partial charge in [-0.1, -0.05) is 62.4 Å².